The lowest BCUT2D eigenvalue weighted by Crippen LogP contribution is -2.38. The van der Waals surface area contributed by atoms with Gasteiger partial charge in [-0.25, -0.2) is 0 Å². The molecule has 0 saturated carbocycles. The molecule has 0 aliphatic carbocycles. The lowest BCUT2D eigenvalue weighted by Gasteiger charge is -2.26. The zero-order valence-electron chi connectivity index (χ0n) is 15.7. The Bertz CT molecular complexity index is 898. The fourth-order valence-electron chi connectivity index (χ4n) is 3.19. The fraction of sp³-hybridized carbons (Fsp3) is 0.500. The Morgan fingerprint density at radius 3 is 2.93 bits per heavy atom. The standard InChI is InChI=1S/C18H25N7O2/c1-3-27-17-14-4-5-19-16(14)22-18(23-17)21-15-12-20-25(13(15)2)7-6-24-8-10-26-11-9-24/h4-5,12H,3,6-11H2,1-2H3,(H2,19,21,22,23). The molecule has 4 rings (SSSR count). The van der Waals surface area contributed by atoms with E-state index in [0.29, 0.717) is 18.4 Å². The number of ether oxygens (including phenoxy) is 2. The predicted molar refractivity (Wildman–Crippen MR) is 103 cm³/mol. The Kier molecular flexibility index (Phi) is 5.21. The second kappa shape index (κ2) is 7.93. The molecule has 0 unspecified atom stereocenters. The van der Waals surface area contributed by atoms with Gasteiger partial charge in [0, 0.05) is 25.8 Å². The molecular weight excluding hydrogens is 346 g/mol. The third kappa shape index (κ3) is 3.88. The number of rotatable bonds is 7. The third-order valence-corrected chi connectivity index (χ3v) is 4.74. The van der Waals surface area contributed by atoms with E-state index in [1.165, 1.54) is 0 Å². The molecule has 27 heavy (non-hydrogen) atoms. The summed E-state index contributed by atoms with van der Waals surface area (Å²) in [7, 11) is 0. The van der Waals surface area contributed by atoms with Crippen molar-refractivity contribution in [1.82, 2.24) is 29.6 Å². The Morgan fingerprint density at radius 1 is 1.26 bits per heavy atom. The fourth-order valence-corrected chi connectivity index (χ4v) is 3.19. The van der Waals surface area contributed by atoms with Crippen molar-refractivity contribution < 1.29 is 9.47 Å². The summed E-state index contributed by atoms with van der Waals surface area (Å²) >= 11 is 0. The van der Waals surface area contributed by atoms with Gasteiger partial charge in [0.25, 0.3) is 0 Å². The molecule has 1 fully saturated rings. The smallest absolute Gasteiger partial charge is 0.232 e. The highest BCUT2D eigenvalue weighted by Gasteiger charge is 2.14. The highest BCUT2D eigenvalue weighted by Crippen LogP contribution is 2.25. The van der Waals surface area contributed by atoms with Crippen LogP contribution in [0, 0.1) is 6.92 Å². The van der Waals surface area contributed by atoms with E-state index in [0.717, 1.165) is 61.8 Å². The number of nitrogens with one attached hydrogen (secondary N) is 2. The van der Waals surface area contributed by atoms with Crippen molar-refractivity contribution in [2.45, 2.75) is 20.4 Å². The molecule has 0 radical (unpaired) electrons. The minimum atomic E-state index is 0.490. The Labute approximate surface area is 157 Å². The summed E-state index contributed by atoms with van der Waals surface area (Å²) in [6, 6.07) is 1.92. The molecule has 0 bridgehead atoms. The van der Waals surface area contributed by atoms with Gasteiger partial charge < -0.3 is 19.8 Å². The highest BCUT2D eigenvalue weighted by molar-refractivity contribution is 5.82. The number of aromatic amines is 1. The van der Waals surface area contributed by atoms with E-state index < -0.39 is 0 Å². The second-order valence-corrected chi connectivity index (χ2v) is 6.47. The predicted octanol–water partition coefficient (Wildman–Crippen LogP) is 1.94. The van der Waals surface area contributed by atoms with E-state index in [-0.39, 0.29) is 0 Å². The van der Waals surface area contributed by atoms with Crippen LogP contribution in [0.5, 0.6) is 5.88 Å². The van der Waals surface area contributed by atoms with Gasteiger partial charge >= 0.3 is 0 Å². The zero-order chi connectivity index (χ0) is 18.6. The maximum atomic E-state index is 5.65. The van der Waals surface area contributed by atoms with Crippen molar-refractivity contribution in [3.63, 3.8) is 0 Å². The summed E-state index contributed by atoms with van der Waals surface area (Å²) in [5.41, 5.74) is 2.69. The maximum absolute atomic E-state index is 5.65. The van der Waals surface area contributed by atoms with Gasteiger partial charge in [0.15, 0.2) is 0 Å². The van der Waals surface area contributed by atoms with Crippen LogP contribution in [0.4, 0.5) is 11.6 Å². The number of hydrogen-bond donors (Lipinski definition) is 2. The monoisotopic (exact) mass is 371 g/mol. The summed E-state index contributed by atoms with van der Waals surface area (Å²) in [5, 5.41) is 8.66. The van der Waals surface area contributed by atoms with E-state index in [2.05, 4.69) is 30.3 Å². The molecule has 1 aliphatic heterocycles. The van der Waals surface area contributed by atoms with Crippen molar-refractivity contribution in [3.8, 4) is 5.88 Å². The summed E-state index contributed by atoms with van der Waals surface area (Å²) < 4.78 is 13.1. The molecule has 1 saturated heterocycles. The molecule has 1 aliphatic rings. The first-order valence-electron chi connectivity index (χ1n) is 9.32. The molecule has 0 amide bonds. The van der Waals surface area contributed by atoms with E-state index in [9.17, 15) is 0 Å². The van der Waals surface area contributed by atoms with Gasteiger partial charge in [-0.1, -0.05) is 0 Å². The Hall–Kier alpha value is -2.65. The molecule has 3 aromatic heterocycles. The van der Waals surface area contributed by atoms with Gasteiger partial charge in [-0.15, -0.1) is 0 Å². The van der Waals surface area contributed by atoms with Crippen LogP contribution < -0.4 is 10.1 Å². The molecular formula is C18H25N7O2. The van der Waals surface area contributed by atoms with Gasteiger partial charge in [0.1, 0.15) is 5.65 Å². The van der Waals surface area contributed by atoms with Crippen LogP contribution in [0.2, 0.25) is 0 Å². The van der Waals surface area contributed by atoms with E-state index in [1.807, 2.05) is 37.0 Å². The first kappa shape index (κ1) is 17.7. The maximum Gasteiger partial charge on any atom is 0.232 e. The normalized spacial score (nSPS) is 15.3. The molecule has 9 nitrogen and oxygen atoms in total. The first-order valence-corrected chi connectivity index (χ1v) is 9.32. The second-order valence-electron chi connectivity index (χ2n) is 6.47. The molecule has 3 aromatic rings. The molecule has 144 valence electrons. The third-order valence-electron chi connectivity index (χ3n) is 4.74. The number of aromatic nitrogens is 5. The van der Waals surface area contributed by atoms with Gasteiger partial charge in [-0.2, -0.15) is 15.1 Å². The largest absolute Gasteiger partial charge is 0.477 e. The minimum absolute atomic E-state index is 0.490. The van der Waals surface area contributed by atoms with E-state index >= 15 is 0 Å². The number of nitrogens with zero attached hydrogens (tertiary/aromatic N) is 5. The summed E-state index contributed by atoms with van der Waals surface area (Å²) in [6.45, 7) is 9.93. The lowest BCUT2D eigenvalue weighted by molar-refractivity contribution is 0.0359. The quantitative estimate of drug-likeness (QED) is 0.655. The molecule has 2 N–H and O–H groups in total. The summed E-state index contributed by atoms with van der Waals surface area (Å²) in [5.74, 6) is 1.06. The Balaban J connectivity index is 1.48. The van der Waals surface area contributed by atoms with Gasteiger partial charge in [-0.3, -0.25) is 9.58 Å². The number of morpholine rings is 1. The van der Waals surface area contributed by atoms with Crippen LogP contribution in [-0.2, 0) is 11.3 Å². The van der Waals surface area contributed by atoms with Crippen molar-refractivity contribution >= 4 is 22.7 Å². The van der Waals surface area contributed by atoms with Crippen molar-refractivity contribution in [3.05, 3.63) is 24.2 Å². The van der Waals surface area contributed by atoms with Crippen LogP contribution in [0.15, 0.2) is 18.5 Å². The number of anilines is 2. The van der Waals surface area contributed by atoms with Crippen LogP contribution >= 0.6 is 0 Å². The van der Waals surface area contributed by atoms with Crippen LogP contribution in [0.25, 0.3) is 11.0 Å². The molecule has 0 aromatic carbocycles. The van der Waals surface area contributed by atoms with E-state index in [1.54, 1.807) is 0 Å². The van der Waals surface area contributed by atoms with Crippen molar-refractivity contribution in [1.29, 1.82) is 0 Å². The number of H-pyrrole nitrogens is 1. The molecule has 4 heterocycles. The minimum Gasteiger partial charge on any atom is -0.477 e. The van der Waals surface area contributed by atoms with Crippen LogP contribution in [0.1, 0.15) is 12.6 Å². The topological polar surface area (TPSA) is 93.1 Å². The van der Waals surface area contributed by atoms with E-state index in [4.69, 9.17) is 9.47 Å². The van der Waals surface area contributed by atoms with Gasteiger partial charge in [0.05, 0.1) is 49.3 Å². The lowest BCUT2D eigenvalue weighted by atomic mass is 10.3. The Morgan fingerprint density at radius 2 is 2.11 bits per heavy atom. The summed E-state index contributed by atoms with van der Waals surface area (Å²) in [6.07, 6.45) is 3.65. The van der Waals surface area contributed by atoms with Crippen LogP contribution in [0.3, 0.4) is 0 Å². The van der Waals surface area contributed by atoms with Crippen molar-refractivity contribution in [2.75, 3.05) is 44.8 Å². The number of fused-ring (bicyclic) bond motifs is 1. The SMILES string of the molecule is CCOc1nc(Nc2cnn(CCN3CCOCC3)c2C)nc2[nH]ccc12. The average molecular weight is 371 g/mol. The van der Waals surface area contributed by atoms with Crippen LogP contribution in [-0.4, -0.2) is 69.1 Å². The zero-order valence-corrected chi connectivity index (χ0v) is 15.7. The molecule has 0 atom stereocenters. The molecule has 0 spiro atoms. The highest BCUT2D eigenvalue weighted by atomic mass is 16.5. The first-order chi connectivity index (χ1) is 13.2. The van der Waals surface area contributed by atoms with Gasteiger partial charge in [0.2, 0.25) is 11.8 Å². The summed E-state index contributed by atoms with van der Waals surface area (Å²) in [4.78, 5) is 14.5. The average Bonchev–Trinajstić information content (AvgIpc) is 3.29. The van der Waals surface area contributed by atoms with Gasteiger partial charge in [-0.05, 0) is 19.9 Å². The molecule has 9 heteroatoms. The van der Waals surface area contributed by atoms with Crippen molar-refractivity contribution in [2.24, 2.45) is 0 Å². The number of hydrogen-bond acceptors (Lipinski definition) is 7.